The molecule has 0 aromatic heterocycles. The van der Waals surface area contributed by atoms with Crippen LogP contribution in [-0.2, 0) is 23.8 Å². The Morgan fingerprint density at radius 2 is 1.88 bits per heavy atom. The van der Waals surface area contributed by atoms with E-state index >= 15 is 0 Å². The lowest BCUT2D eigenvalue weighted by atomic mass is 9.81. The topological polar surface area (TPSA) is 61.8 Å². The average molecular weight is 226 g/mol. The fraction of sp³-hybridized carbons (Fsp3) is 0.636. The maximum absolute atomic E-state index is 11.6. The van der Waals surface area contributed by atoms with E-state index in [-0.39, 0.29) is 42.4 Å². The van der Waals surface area contributed by atoms with Crippen LogP contribution < -0.4 is 0 Å². The molecule has 1 saturated heterocycles. The molecule has 0 N–H and O–H groups in total. The predicted molar refractivity (Wildman–Crippen MR) is 53.4 cm³/mol. The highest BCUT2D eigenvalue weighted by Crippen LogP contribution is 2.41. The molecule has 5 nitrogen and oxygen atoms in total. The Bertz CT molecular complexity index is 335. The number of carbonyl (C=O) groups excluding carboxylic acids is 2. The molecule has 0 radical (unpaired) electrons. The highest BCUT2D eigenvalue weighted by atomic mass is 16.5. The molecule has 2 rings (SSSR count). The van der Waals surface area contributed by atoms with Gasteiger partial charge in [0, 0.05) is 5.92 Å². The monoisotopic (exact) mass is 226 g/mol. The Kier molecular flexibility index (Phi) is 2.96. The van der Waals surface area contributed by atoms with Gasteiger partial charge in [-0.05, 0) is 0 Å². The summed E-state index contributed by atoms with van der Waals surface area (Å²) in [5.74, 6) is -1.22. The van der Waals surface area contributed by atoms with Gasteiger partial charge >= 0.3 is 11.9 Å². The number of esters is 2. The van der Waals surface area contributed by atoms with Gasteiger partial charge < -0.3 is 14.2 Å². The summed E-state index contributed by atoms with van der Waals surface area (Å²) in [5, 5.41) is 0. The molecule has 0 aromatic rings. The van der Waals surface area contributed by atoms with Crippen molar-refractivity contribution in [3.63, 3.8) is 0 Å². The van der Waals surface area contributed by atoms with Crippen LogP contribution in [0.1, 0.15) is 6.42 Å². The Morgan fingerprint density at radius 3 is 2.50 bits per heavy atom. The predicted octanol–water partition coefficient (Wildman–Crippen LogP) is 0.292. The molecule has 2 aliphatic heterocycles. The van der Waals surface area contributed by atoms with Gasteiger partial charge in [-0.25, -0.2) is 0 Å². The third kappa shape index (κ3) is 1.71. The molecule has 0 saturated carbocycles. The molecule has 4 unspecified atom stereocenters. The molecule has 1 fully saturated rings. The van der Waals surface area contributed by atoms with E-state index in [4.69, 9.17) is 9.47 Å². The smallest absolute Gasteiger partial charge is 0.312 e. The first-order valence-electron chi connectivity index (χ1n) is 5.15. The van der Waals surface area contributed by atoms with Crippen LogP contribution in [-0.4, -0.2) is 38.4 Å². The van der Waals surface area contributed by atoms with Crippen LogP contribution in [0.3, 0.4) is 0 Å². The first-order valence-corrected chi connectivity index (χ1v) is 5.15. The lowest BCUT2D eigenvalue weighted by molar-refractivity contribution is -0.149. The second kappa shape index (κ2) is 4.25. The van der Waals surface area contributed by atoms with Crippen molar-refractivity contribution in [1.82, 2.24) is 0 Å². The van der Waals surface area contributed by atoms with Gasteiger partial charge in [0.2, 0.25) is 0 Å². The summed E-state index contributed by atoms with van der Waals surface area (Å²) >= 11 is 0. The number of rotatable bonds is 3. The summed E-state index contributed by atoms with van der Waals surface area (Å²) in [7, 11) is 2.67. The molecule has 88 valence electrons. The largest absolute Gasteiger partial charge is 0.469 e. The van der Waals surface area contributed by atoms with Crippen molar-refractivity contribution in [1.29, 1.82) is 0 Å². The molecule has 2 bridgehead atoms. The summed E-state index contributed by atoms with van der Waals surface area (Å²) in [5.41, 5.74) is 0. The van der Waals surface area contributed by atoms with E-state index in [2.05, 4.69) is 4.74 Å². The maximum atomic E-state index is 11.6. The number of fused-ring (bicyclic) bond motifs is 2. The Hall–Kier alpha value is -1.36. The number of hydrogen-bond donors (Lipinski definition) is 0. The maximum Gasteiger partial charge on any atom is 0.312 e. The van der Waals surface area contributed by atoms with Gasteiger partial charge in [-0.2, -0.15) is 0 Å². The Morgan fingerprint density at radius 1 is 1.19 bits per heavy atom. The molecular weight excluding hydrogens is 212 g/mol. The fourth-order valence-electron chi connectivity index (χ4n) is 2.35. The zero-order valence-corrected chi connectivity index (χ0v) is 9.21. The average Bonchev–Trinajstić information content (AvgIpc) is 2.88. The second-order valence-electron chi connectivity index (χ2n) is 3.94. The number of ether oxygens (including phenoxy) is 3. The summed E-state index contributed by atoms with van der Waals surface area (Å²) in [4.78, 5) is 22.8. The summed E-state index contributed by atoms with van der Waals surface area (Å²) in [6.45, 7) is 0. The molecule has 2 aliphatic rings. The zero-order valence-electron chi connectivity index (χ0n) is 9.21. The van der Waals surface area contributed by atoms with E-state index in [0.717, 1.165) is 0 Å². The third-order valence-corrected chi connectivity index (χ3v) is 3.15. The SMILES string of the molecule is COC(=O)CC1C2C=CC(O2)C1C(=O)OC. The van der Waals surface area contributed by atoms with Crippen molar-refractivity contribution < 1.29 is 23.8 Å². The number of hydrogen-bond acceptors (Lipinski definition) is 5. The van der Waals surface area contributed by atoms with Gasteiger partial charge in [-0.3, -0.25) is 9.59 Å². The van der Waals surface area contributed by atoms with Gasteiger partial charge in [-0.15, -0.1) is 0 Å². The van der Waals surface area contributed by atoms with Crippen molar-refractivity contribution in [2.75, 3.05) is 14.2 Å². The minimum atomic E-state index is -0.390. The van der Waals surface area contributed by atoms with Crippen LogP contribution in [0.2, 0.25) is 0 Å². The van der Waals surface area contributed by atoms with Gasteiger partial charge in [0.1, 0.15) is 0 Å². The highest BCUT2D eigenvalue weighted by molar-refractivity contribution is 5.77. The molecule has 0 aromatic carbocycles. The highest BCUT2D eigenvalue weighted by Gasteiger charge is 2.50. The molecule has 5 heteroatoms. The van der Waals surface area contributed by atoms with E-state index < -0.39 is 0 Å². The molecule has 4 atom stereocenters. The second-order valence-corrected chi connectivity index (χ2v) is 3.94. The standard InChI is InChI=1S/C11H14O5/c1-14-9(12)5-6-7-3-4-8(16-7)10(6)11(13)15-2/h3-4,6-8,10H,5H2,1-2H3. The minimum Gasteiger partial charge on any atom is -0.469 e. The fourth-order valence-corrected chi connectivity index (χ4v) is 2.35. The molecule has 2 heterocycles. The van der Waals surface area contributed by atoms with E-state index in [0.29, 0.717) is 0 Å². The van der Waals surface area contributed by atoms with Crippen molar-refractivity contribution in [3.8, 4) is 0 Å². The lowest BCUT2D eigenvalue weighted by Crippen LogP contribution is -2.33. The lowest BCUT2D eigenvalue weighted by Gasteiger charge is -2.21. The van der Waals surface area contributed by atoms with E-state index in [1.165, 1.54) is 14.2 Å². The number of carbonyl (C=O) groups is 2. The van der Waals surface area contributed by atoms with Crippen LogP contribution in [0.5, 0.6) is 0 Å². The minimum absolute atomic E-state index is 0.171. The van der Waals surface area contributed by atoms with Gasteiger partial charge in [0.25, 0.3) is 0 Å². The van der Waals surface area contributed by atoms with Crippen molar-refractivity contribution in [2.45, 2.75) is 18.6 Å². The molecule has 0 amide bonds. The van der Waals surface area contributed by atoms with Gasteiger partial charge in [-0.1, -0.05) is 12.2 Å². The molecule has 16 heavy (non-hydrogen) atoms. The Labute approximate surface area is 93.4 Å². The quantitative estimate of drug-likeness (QED) is 0.511. The third-order valence-electron chi connectivity index (χ3n) is 3.15. The normalized spacial score (nSPS) is 35.1. The van der Waals surface area contributed by atoms with Crippen molar-refractivity contribution in [2.24, 2.45) is 11.8 Å². The van der Waals surface area contributed by atoms with Crippen molar-refractivity contribution in [3.05, 3.63) is 12.2 Å². The van der Waals surface area contributed by atoms with Crippen LogP contribution in [0.15, 0.2) is 12.2 Å². The summed E-state index contributed by atoms with van der Waals surface area (Å²) < 4.78 is 14.9. The zero-order chi connectivity index (χ0) is 11.7. The van der Waals surface area contributed by atoms with E-state index in [1.54, 1.807) is 0 Å². The van der Waals surface area contributed by atoms with Gasteiger partial charge in [0.05, 0.1) is 38.8 Å². The molecule has 0 aliphatic carbocycles. The first kappa shape index (κ1) is 11.1. The molecule has 0 spiro atoms. The summed E-state index contributed by atoms with van der Waals surface area (Å²) in [6, 6.07) is 0. The van der Waals surface area contributed by atoms with Crippen LogP contribution in [0, 0.1) is 11.8 Å². The summed E-state index contributed by atoms with van der Waals surface area (Å²) in [6.07, 6.45) is 3.49. The number of methoxy groups -OCH3 is 2. The van der Waals surface area contributed by atoms with Gasteiger partial charge in [0.15, 0.2) is 0 Å². The van der Waals surface area contributed by atoms with Crippen LogP contribution in [0.25, 0.3) is 0 Å². The van der Waals surface area contributed by atoms with Crippen LogP contribution >= 0.6 is 0 Å². The van der Waals surface area contributed by atoms with Crippen LogP contribution in [0.4, 0.5) is 0 Å². The van der Waals surface area contributed by atoms with E-state index in [9.17, 15) is 9.59 Å². The Balaban J connectivity index is 2.12. The first-order chi connectivity index (χ1) is 7.67. The van der Waals surface area contributed by atoms with E-state index in [1.807, 2.05) is 12.2 Å². The molecular formula is C11H14O5. The van der Waals surface area contributed by atoms with Crippen molar-refractivity contribution >= 4 is 11.9 Å².